The van der Waals surface area contributed by atoms with Crippen molar-refractivity contribution in [3.63, 3.8) is 0 Å². The first-order chi connectivity index (χ1) is 39.6. The van der Waals surface area contributed by atoms with E-state index in [-0.39, 0.29) is 32.2 Å². The van der Waals surface area contributed by atoms with Gasteiger partial charge in [-0.25, -0.2) is 0 Å². The van der Waals surface area contributed by atoms with Crippen molar-refractivity contribution < 1.29 is 42.9 Å². The van der Waals surface area contributed by atoms with E-state index in [1.54, 1.807) is 0 Å². The standard InChI is InChI=1S/C72H133NO8/c1-6-8-10-12-14-16-18-20-22-24-25-26-27-28-29-30-31-32-33-34-35-36-37-38-39-40-41-42-43-44-45-47-49-51-53-55-57-59-61-63-70(75)81-68(67-80-72(71(76)77)78-65-64-73(3,4)5)66-79-69(74)62-60-58-56-54-52-50-48-46-23-21-19-17-15-13-11-9-7-2/h18,20-21,23-25,27-28,68,72H,6-17,19,22,26,29-67H2,1-5H3/b20-18-,23-21-,25-24-,28-27-. The van der Waals surface area contributed by atoms with Crippen LogP contribution >= 0.6 is 0 Å². The number of carbonyl (C=O) groups is 3. The molecule has 0 fully saturated rings. The van der Waals surface area contributed by atoms with E-state index >= 15 is 0 Å². The van der Waals surface area contributed by atoms with Gasteiger partial charge in [-0.05, 0) is 77.0 Å². The van der Waals surface area contributed by atoms with Gasteiger partial charge >= 0.3 is 11.9 Å². The van der Waals surface area contributed by atoms with Crippen LogP contribution < -0.4 is 5.11 Å². The van der Waals surface area contributed by atoms with Crippen LogP contribution in [0.2, 0.25) is 0 Å². The van der Waals surface area contributed by atoms with E-state index in [2.05, 4.69) is 62.5 Å². The molecule has 474 valence electrons. The zero-order valence-corrected chi connectivity index (χ0v) is 54.2. The molecule has 0 amide bonds. The smallest absolute Gasteiger partial charge is 0.306 e. The lowest BCUT2D eigenvalue weighted by molar-refractivity contribution is -0.870. The van der Waals surface area contributed by atoms with Crippen LogP contribution in [0.4, 0.5) is 0 Å². The van der Waals surface area contributed by atoms with Gasteiger partial charge in [0, 0.05) is 12.8 Å². The summed E-state index contributed by atoms with van der Waals surface area (Å²) in [4.78, 5) is 37.4. The van der Waals surface area contributed by atoms with Crippen molar-refractivity contribution in [2.24, 2.45) is 0 Å². The zero-order valence-electron chi connectivity index (χ0n) is 54.2. The number of unbranched alkanes of at least 4 members (excludes halogenated alkanes) is 42. The van der Waals surface area contributed by atoms with Gasteiger partial charge in [-0.1, -0.05) is 294 Å². The van der Waals surface area contributed by atoms with Gasteiger partial charge in [-0.2, -0.15) is 0 Å². The Labute approximate surface area is 502 Å². The Bertz CT molecular complexity index is 1470. The predicted octanol–water partition coefficient (Wildman–Crippen LogP) is 20.0. The number of nitrogens with zero attached hydrogens (tertiary/aromatic N) is 1. The second-order valence-corrected chi connectivity index (χ2v) is 24.8. The van der Waals surface area contributed by atoms with Crippen LogP contribution in [0.1, 0.15) is 335 Å². The second-order valence-electron chi connectivity index (χ2n) is 24.8. The fraction of sp³-hybridized carbons (Fsp3) is 0.847. The Morgan fingerprint density at radius 3 is 1.00 bits per heavy atom. The number of hydrogen-bond acceptors (Lipinski definition) is 8. The van der Waals surface area contributed by atoms with Crippen LogP contribution in [0, 0.1) is 0 Å². The summed E-state index contributed by atoms with van der Waals surface area (Å²) in [5.74, 6) is -2.27. The molecule has 9 heteroatoms. The van der Waals surface area contributed by atoms with Crippen molar-refractivity contribution in [1.29, 1.82) is 0 Å². The van der Waals surface area contributed by atoms with Crippen LogP contribution in [0.25, 0.3) is 0 Å². The van der Waals surface area contributed by atoms with E-state index < -0.39 is 24.3 Å². The van der Waals surface area contributed by atoms with Gasteiger partial charge in [-0.3, -0.25) is 9.59 Å². The van der Waals surface area contributed by atoms with Crippen LogP contribution in [-0.2, 0) is 33.3 Å². The Morgan fingerprint density at radius 1 is 0.370 bits per heavy atom. The third kappa shape index (κ3) is 64.7. The van der Waals surface area contributed by atoms with E-state index in [0.29, 0.717) is 23.9 Å². The number of esters is 2. The van der Waals surface area contributed by atoms with Crippen molar-refractivity contribution in [2.75, 3.05) is 47.5 Å². The summed E-state index contributed by atoms with van der Waals surface area (Å²) < 4.78 is 22.8. The molecule has 0 rings (SSSR count). The van der Waals surface area contributed by atoms with Crippen molar-refractivity contribution in [2.45, 2.75) is 347 Å². The normalized spacial score (nSPS) is 13.0. The molecule has 0 N–H and O–H groups in total. The van der Waals surface area contributed by atoms with Gasteiger partial charge in [0.15, 0.2) is 12.4 Å². The molecule has 9 nitrogen and oxygen atoms in total. The number of aliphatic carboxylic acids is 1. The minimum Gasteiger partial charge on any atom is -0.545 e. The highest BCUT2D eigenvalue weighted by molar-refractivity contribution is 5.70. The number of hydrogen-bond donors (Lipinski definition) is 0. The molecule has 0 heterocycles. The van der Waals surface area contributed by atoms with Gasteiger partial charge in [0.2, 0.25) is 0 Å². The minimum atomic E-state index is -1.62. The summed E-state index contributed by atoms with van der Waals surface area (Å²) in [6, 6.07) is 0. The highest BCUT2D eigenvalue weighted by Gasteiger charge is 2.22. The Morgan fingerprint density at radius 2 is 0.667 bits per heavy atom. The first-order valence-electron chi connectivity index (χ1n) is 34.8. The lowest BCUT2D eigenvalue weighted by atomic mass is 10.0. The number of likely N-dealkylation sites (N-methyl/N-ethyl adjacent to an activating group) is 1. The summed E-state index contributed by atoms with van der Waals surface area (Å²) in [6.07, 6.45) is 77.8. The topological polar surface area (TPSA) is 111 Å². The minimum absolute atomic E-state index is 0.149. The molecular weight excluding hydrogens is 1010 g/mol. The number of carbonyl (C=O) groups excluding carboxylic acids is 3. The molecule has 0 aliphatic rings. The average molecular weight is 1140 g/mol. The van der Waals surface area contributed by atoms with Crippen molar-refractivity contribution >= 4 is 17.9 Å². The molecule has 0 aromatic rings. The Kier molecular flexibility index (Phi) is 61.1. The molecule has 81 heavy (non-hydrogen) atoms. The maximum Gasteiger partial charge on any atom is 0.306 e. The number of rotatable bonds is 65. The SMILES string of the molecule is CCCCCCC/C=C\C/C=C\C/C=C\CCCCCCCCCCCCCCCCCCCCCCCCCCC(=O)OC(COC(=O)CCCCCCCCC/C=C\CCCCCCCC)COC(OCC[N+](C)(C)C)C(=O)[O-]. The zero-order chi connectivity index (χ0) is 59.1. The molecule has 0 saturated heterocycles. The molecule has 0 bridgehead atoms. The van der Waals surface area contributed by atoms with E-state index in [1.807, 2.05) is 21.1 Å². The fourth-order valence-corrected chi connectivity index (χ4v) is 10.2. The van der Waals surface area contributed by atoms with Crippen LogP contribution in [-0.4, -0.2) is 82.3 Å². The third-order valence-corrected chi connectivity index (χ3v) is 15.5. The van der Waals surface area contributed by atoms with Crippen molar-refractivity contribution in [3.8, 4) is 0 Å². The quantitative estimate of drug-likeness (QED) is 0.0195. The van der Waals surface area contributed by atoms with Gasteiger partial charge in [-0.15, -0.1) is 0 Å². The maximum atomic E-state index is 12.9. The Balaban J connectivity index is 3.97. The van der Waals surface area contributed by atoms with Gasteiger partial charge in [0.05, 0.1) is 40.3 Å². The molecule has 0 radical (unpaired) electrons. The van der Waals surface area contributed by atoms with Crippen LogP contribution in [0.15, 0.2) is 48.6 Å². The summed E-state index contributed by atoms with van der Waals surface area (Å²) >= 11 is 0. The monoisotopic (exact) mass is 1140 g/mol. The number of carboxylic acids is 1. The first kappa shape index (κ1) is 78.2. The number of ether oxygens (including phenoxy) is 4. The predicted molar refractivity (Wildman–Crippen MR) is 343 cm³/mol. The van der Waals surface area contributed by atoms with Gasteiger partial charge < -0.3 is 33.3 Å². The van der Waals surface area contributed by atoms with E-state index in [1.165, 1.54) is 257 Å². The number of quaternary nitrogens is 1. The molecule has 0 saturated carbocycles. The summed E-state index contributed by atoms with van der Waals surface area (Å²) in [5.41, 5.74) is 0. The second kappa shape index (κ2) is 63.3. The molecule has 0 aromatic heterocycles. The highest BCUT2D eigenvalue weighted by Crippen LogP contribution is 2.18. The summed E-state index contributed by atoms with van der Waals surface area (Å²) in [7, 11) is 5.93. The van der Waals surface area contributed by atoms with E-state index in [9.17, 15) is 19.5 Å². The lowest BCUT2D eigenvalue weighted by Crippen LogP contribution is -2.44. The van der Waals surface area contributed by atoms with Crippen molar-refractivity contribution in [1.82, 2.24) is 0 Å². The van der Waals surface area contributed by atoms with E-state index in [0.717, 1.165) is 44.9 Å². The van der Waals surface area contributed by atoms with E-state index in [4.69, 9.17) is 18.9 Å². The van der Waals surface area contributed by atoms with Gasteiger partial charge in [0.25, 0.3) is 0 Å². The largest absolute Gasteiger partial charge is 0.545 e. The highest BCUT2D eigenvalue weighted by atomic mass is 16.7. The average Bonchev–Trinajstić information content (AvgIpc) is 3.44. The van der Waals surface area contributed by atoms with Gasteiger partial charge in [0.1, 0.15) is 13.2 Å². The number of carboxylic acid groups (broad SMARTS) is 1. The maximum absolute atomic E-state index is 12.9. The molecule has 0 aliphatic heterocycles. The summed E-state index contributed by atoms with van der Waals surface area (Å²) in [6.45, 7) is 4.77. The van der Waals surface area contributed by atoms with Crippen LogP contribution in [0.5, 0.6) is 0 Å². The molecule has 2 atom stereocenters. The first-order valence-corrected chi connectivity index (χ1v) is 34.8. The Hall–Kier alpha value is -2.75. The fourth-order valence-electron chi connectivity index (χ4n) is 10.2. The van der Waals surface area contributed by atoms with Crippen LogP contribution in [0.3, 0.4) is 0 Å². The third-order valence-electron chi connectivity index (χ3n) is 15.5. The molecule has 0 aliphatic carbocycles. The lowest BCUT2D eigenvalue weighted by Gasteiger charge is -2.26. The molecule has 0 aromatic carbocycles. The molecular formula is C72H133NO8. The van der Waals surface area contributed by atoms with Crippen molar-refractivity contribution in [3.05, 3.63) is 48.6 Å². The molecule has 2 unspecified atom stereocenters. The summed E-state index contributed by atoms with van der Waals surface area (Å²) in [5, 5.41) is 11.8. The molecule has 0 spiro atoms. The number of allylic oxidation sites excluding steroid dienone is 8.